The molecule has 1 aliphatic heterocycles. The molecule has 0 saturated carbocycles. The van der Waals surface area contributed by atoms with Gasteiger partial charge in [0.25, 0.3) is 5.91 Å². The van der Waals surface area contributed by atoms with Crippen LogP contribution in [0.4, 0.5) is 5.69 Å². The van der Waals surface area contributed by atoms with Crippen molar-refractivity contribution in [1.82, 2.24) is 4.90 Å². The molecular formula is C19H16Cl2N2O2S. The lowest BCUT2D eigenvalue weighted by Gasteiger charge is -2.12. The quantitative estimate of drug-likeness (QED) is 0.671. The minimum Gasteiger partial charge on any atom is -0.507 e. The highest BCUT2D eigenvalue weighted by Crippen LogP contribution is 2.36. The van der Waals surface area contributed by atoms with Crippen LogP contribution in [0.2, 0.25) is 10.0 Å². The van der Waals surface area contributed by atoms with Gasteiger partial charge in [-0.1, -0.05) is 29.3 Å². The Morgan fingerprint density at radius 3 is 2.77 bits per heavy atom. The van der Waals surface area contributed by atoms with Crippen molar-refractivity contribution in [2.75, 3.05) is 6.54 Å². The summed E-state index contributed by atoms with van der Waals surface area (Å²) in [6.07, 6.45) is 1.63. The van der Waals surface area contributed by atoms with Gasteiger partial charge in [0.1, 0.15) is 5.75 Å². The van der Waals surface area contributed by atoms with Gasteiger partial charge in [0.2, 0.25) is 0 Å². The zero-order valence-corrected chi connectivity index (χ0v) is 16.5. The van der Waals surface area contributed by atoms with E-state index in [1.807, 2.05) is 26.0 Å². The summed E-state index contributed by atoms with van der Waals surface area (Å²) in [6, 6.07) is 10.2. The van der Waals surface area contributed by atoms with Crippen molar-refractivity contribution in [2.24, 2.45) is 4.99 Å². The van der Waals surface area contributed by atoms with Gasteiger partial charge in [0, 0.05) is 22.2 Å². The van der Waals surface area contributed by atoms with E-state index in [-0.39, 0.29) is 11.7 Å². The number of halogens is 2. The van der Waals surface area contributed by atoms with Crippen LogP contribution in [-0.2, 0) is 4.79 Å². The Hall–Kier alpha value is -1.95. The highest BCUT2D eigenvalue weighted by molar-refractivity contribution is 8.18. The number of aliphatic imine (C=N–C) groups is 1. The first-order chi connectivity index (χ1) is 12.4. The Morgan fingerprint density at radius 1 is 1.27 bits per heavy atom. The summed E-state index contributed by atoms with van der Waals surface area (Å²) in [5.74, 6) is -0.0928. The number of benzene rings is 2. The van der Waals surface area contributed by atoms with Crippen LogP contribution < -0.4 is 0 Å². The Balaban J connectivity index is 2.01. The molecule has 2 aromatic rings. The molecule has 1 aliphatic rings. The van der Waals surface area contributed by atoms with E-state index in [4.69, 9.17) is 23.2 Å². The first-order valence-electron chi connectivity index (χ1n) is 7.94. The predicted octanol–water partition coefficient (Wildman–Crippen LogP) is 5.63. The maximum Gasteiger partial charge on any atom is 0.266 e. The molecule has 1 N–H and O–H groups in total. The van der Waals surface area contributed by atoms with Gasteiger partial charge in [0.15, 0.2) is 5.17 Å². The van der Waals surface area contributed by atoms with Gasteiger partial charge in [-0.05, 0) is 67.6 Å². The molecule has 1 amide bonds. The van der Waals surface area contributed by atoms with Crippen molar-refractivity contribution in [1.29, 1.82) is 0 Å². The molecule has 26 heavy (non-hydrogen) atoms. The SMILES string of the molecule is CCN1C(=O)C(=Cc2cc(Cl)ccc2O)SC1=Nc1cccc(Cl)c1C. The van der Waals surface area contributed by atoms with Gasteiger partial charge < -0.3 is 5.11 Å². The predicted molar refractivity (Wildman–Crippen MR) is 109 cm³/mol. The van der Waals surface area contributed by atoms with Gasteiger partial charge in [-0.15, -0.1) is 0 Å². The Morgan fingerprint density at radius 2 is 2.04 bits per heavy atom. The topological polar surface area (TPSA) is 52.9 Å². The fourth-order valence-electron chi connectivity index (χ4n) is 2.47. The van der Waals surface area contributed by atoms with Crippen LogP contribution in [0.3, 0.4) is 0 Å². The van der Waals surface area contributed by atoms with E-state index in [0.29, 0.717) is 32.2 Å². The molecule has 0 spiro atoms. The van der Waals surface area contributed by atoms with Gasteiger partial charge in [-0.2, -0.15) is 0 Å². The molecule has 0 aliphatic carbocycles. The van der Waals surface area contributed by atoms with Crippen molar-refractivity contribution >= 4 is 57.8 Å². The average molecular weight is 407 g/mol. The third-order valence-corrected chi connectivity index (χ3v) is 5.59. The van der Waals surface area contributed by atoms with Crippen LogP contribution >= 0.6 is 35.0 Å². The maximum atomic E-state index is 12.7. The second-order valence-electron chi connectivity index (χ2n) is 5.64. The molecule has 0 aromatic heterocycles. The van der Waals surface area contributed by atoms with Crippen LogP contribution in [-0.4, -0.2) is 27.6 Å². The highest BCUT2D eigenvalue weighted by Gasteiger charge is 2.32. The van der Waals surface area contributed by atoms with Crippen molar-refractivity contribution in [3.8, 4) is 5.75 Å². The third-order valence-electron chi connectivity index (χ3n) is 3.94. The van der Waals surface area contributed by atoms with Crippen LogP contribution in [0.5, 0.6) is 5.75 Å². The van der Waals surface area contributed by atoms with E-state index in [1.54, 1.807) is 29.2 Å². The minimum atomic E-state index is -0.157. The maximum absolute atomic E-state index is 12.7. The number of carbonyl (C=O) groups is 1. The number of likely N-dealkylation sites (N-methyl/N-ethyl adjacent to an activating group) is 1. The summed E-state index contributed by atoms with van der Waals surface area (Å²) < 4.78 is 0. The van der Waals surface area contributed by atoms with E-state index in [1.165, 1.54) is 17.8 Å². The molecule has 1 saturated heterocycles. The van der Waals surface area contributed by atoms with Crippen LogP contribution in [0.1, 0.15) is 18.1 Å². The molecule has 134 valence electrons. The van der Waals surface area contributed by atoms with Crippen molar-refractivity contribution in [3.63, 3.8) is 0 Å². The molecule has 1 fully saturated rings. The Labute approximate surface area is 166 Å². The van der Waals surface area contributed by atoms with E-state index in [0.717, 1.165) is 11.3 Å². The van der Waals surface area contributed by atoms with Crippen LogP contribution in [0, 0.1) is 6.92 Å². The number of phenolic OH excluding ortho intramolecular Hbond substituents is 1. The fourth-order valence-corrected chi connectivity index (χ4v) is 3.87. The normalized spacial score (nSPS) is 17.5. The molecule has 3 rings (SSSR count). The lowest BCUT2D eigenvalue weighted by atomic mass is 10.2. The Kier molecular flexibility index (Phi) is 5.61. The summed E-state index contributed by atoms with van der Waals surface area (Å²) >= 11 is 13.4. The first kappa shape index (κ1) is 18.8. The number of amidine groups is 1. The van der Waals surface area contributed by atoms with Gasteiger partial charge >= 0.3 is 0 Å². The number of thioether (sulfide) groups is 1. The standard InChI is InChI=1S/C19H16Cl2N2O2S/c1-3-23-18(25)17(10-12-9-13(20)7-8-16(12)24)26-19(23)22-15-6-4-5-14(21)11(15)2/h4-10,24H,3H2,1-2H3. The number of carbonyl (C=O) groups excluding carboxylic acids is 1. The van der Waals surface area contributed by atoms with Crippen molar-refractivity contribution in [2.45, 2.75) is 13.8 Å². The monoisotopic (exact) mass is 406 g/mol. The van der Waals surface area contributed by atoms with Crippen LogP contribution in [0.25, 0.3) is 6.08 Å². The fraction of sp³-hybridized carbons (Fsp3) is 0.158. The largest absolute Gasteiger partial charge is 0.507 e. The number of hydrogen-bond acceptors (Lipinski definition) is 4. The second kappa shape index (κ2) is 7.74. The molecular weight excluding hydrogens is 391 g/mol. The van der Waals surface area contributed by atoms with Crippen molar-refractivity contribution < 1.29 is 9.90 Å². The zero-order chi connectivity index (χ0) is 18.8. The lowest BCUT2D eigenvalue weighted by molar-refractivity contribution is -0.122. The molecule has 7 heteroatoms. The second-order valence-corrected chi connectivity index (χ2v) is 7.49. The van der Waals surface area contributed by atoms with Crippen molar-refractivity contribution in [3.05, 3.63) is 62.5 Å². The molecule has 4 nitrogen and oxygen atoms in total. The summed E-state index contributed by atoms with van der Waals surface area (Å²) in [5, 5.41) is 11.7. The number of phenols is 1. The number of rotatable bonds is 3. The summed E-state index contributed by atoms with van der Waals surface area (Å²) in [5.41, 5.74) is 2.07. The highest BCUT2D eigenvalue weighted by atomic mass is 35.5. The molecule has 0 bridgehead atoms. The third kappa shape index (κ3) is 3.75. The average Bonchev–Trinajstić information content (AvgIpc) is 2.90. The van der Waals surface area contributed by atoms with Gasteiger partial charge in [-0.3, -0.25) is 9.69 Å². The minimum absolute atomic E-state index is 0.0643. The number of amides is 1. The molecule has 2 aromatic carbocycles. The smallest absolute Gasteiger partial charge is 0.266 e. The first-order valence-corrected chi connectivity index (χ1v) is 9.51. The molecule has 1 heterocycles. The lowest BCUT2D eigenvalue weighted by Crippen LogP contribution is -2.28. The van der Waals surface area contributed by atoms with E-state index in [2.05, 4.69) is 4.99 Å². The van der Waals surface area contributed by atoms with E-state index < -0.39 is 0 Å². The summed E-state index contributed by atoms with van der Waals surface area (Å²) in [4.78, 5) is 19.4. The van der Waals surface area contributed by atoms with Gasteiger partial charge in [-0.25, -0.2) is 4.99 Å². The molecule has 0 atom stereocenters. The Bertz CT molecular complexity index is 941. The summed E-state index contributed by atoms with van der Waals surface area (Å²) in [7, 11) is 0. The number of hydrogen-bond donors (Lipinski definition) is 1. The summed E-state index contributed by atoms with van der Waals surface area (Å²) in [6.45, 7) is 4.27. The van der Waals surface area contributed by atoms with E-state index in [9.17, 15) is 9.90 Å². The molecule has 0 unspecified atom stereocenters. The number of aromatic hydroxyl groups is 1. The molecule has 0 radical (unpaired) electrons. The van der Waals surface area contributed by atoms with Gasteiger partial charge in [0.05, 0.1) is 10.6 Å². The van der Waals surface area contributed by atoms with E-state index >= 15 is 0 Å². The number of nitrogens with zero attached hydrogens (tertiary/aromatic N) is 2. The zero-order valence-electron chi connectivity index (χ0n) is 14.2. The van der Waals surface area contributed by atoms with Crippen LogP contribution in [0.15, 0.2) is 46.3 Å².